The molecule has 1 aromatic rings. The van der Waals surface area contributed by atoms with Gasteiger partial charge in [0.15, 0.2) is 12.6 Å². The standard InChI is InChI=1S/C50H86N2O12/c1-15-37-27-39(53)32(4)43(63-40-29-48(8,58-13)45(56)35(7)62-40)34(6)46(64-47-42(54)38(52(11)12)26-31(3)61-47)49(9,59-14)28-30(2)41(33(5)44(55)50(37,10)57)51-60-25-21-17-20-24-36-22-18-16-19-23-36/h16,18-19,22-23,30-35,37-38,40,42-47,54-57H,15,17,20-21,24-29H2,1-14H3/b51-41+/t30-,31-,32+,33+,34+,35+,37+,38+,40+,42-,43-,44-,45+,46-,47+,48-,49-,50-/m1/s1. The number of Topliss-reactive ketones (excluding diaryl/α,β-unsaturated/α-hetero) is 1. The lowest BCUT2D eigenvalue weighted by atomic mass is 9.69. The van der Waals surface area contributed by atoms with Crippen LogP contribution in [0.2, 0.25) is 0 Å². The van der Waals surface area contributed by atoms with Crippen LogP contribution in [0.5, 0.6) is 0 Å². The van der Waals surface area contributed by atoms with E-state index in [1.165, 1.54) is 5.56 Å². The van der Waals surface area contributed by atoms with Crippen LogP contribution in [0.4, 0.5) is 0 Å². The van der Waals surface area contributed by atoms with Gasteiger partial charge in [-0.2, -0.15) is 0 Å². The summed E-state index contributed by atoms with van der Waals surface area (Å²) in [5.41, 5.74) is -1.99. The van der Waals surface area contributed by atoms with Gasteiger partial charge < -0.3 is 58.6 Å². The average Bonchev–Trinajstić information content (AvgIpc) is 3.26. The summed E-state index contributed by atoms with van der Waals surface area (Å²) >= 11 is 0. The van der Waals surface area contributed by atoms with Crippen molar-refractivity contribution in [2.24, 2.45) is 34.7 Å². The van der Waals surface area contributed by atoms with Gasteiger partial charge in [0.1, 0.15) is 24.6 Å². The van der Waals surface area contributed by atoms with Gasteiger partial charge in [0.25, 0.3) is 0 Å². The number of hydrogen-bond donors (Lipinski definition) is 4. The van der Waals surface area contributed by atoms with Gasteiger partial charge in [-0.25, -0.2) is 0 Å². The van der Waals surface area contributed by atoms with Crippen molar-refractivity contribution in [1.82, 2.24) is 4.90 Å². The van der Waals surface area contributed by atoms with Crippen LogP contribution in [-0.4, -0.2) is 150 Å². The number of ether oxygens (including phenoxy) is 6. The van der Waals surface area contributed by atoms with Crippen LogP contribution in [0.3, 0.4) is 0 Å². The highest BCUT2D eigenvalue weighted by Crippen LogP contribution is 2.43. The van der Waals surface area contributed by atoms with Crippen LogP contribution in [0.15, 0.2) is 35.5 Å². The Morgan fingerprint density at radius 3 is 2.11 bits per heavy atom. The molecule has 368 valence electrons. The first-order valence-corrected chi connectivity index (χ1v) is 24.0. The van der Waals surface area contributed by atoms with Crippen molar-refractivity contribution < 1.29 is 58.5 Å². The first-order chi connectivity index (χ1) is 30.0. The molecule has 0 unspecified atom stereocenters. The quantitative estimate of drug-likeness (QED) is 0.114. The van der Waals surface area contributed by atoms with Gasteiger partial charge in [-0.1, -0.05) is 76.5 Å². The molecule has 14 heteroatoms. The maximum atomic E-state index is 14.7. The molecule has 3 aliphatic rings. The molecular weight excluding hydrogens is 821 g/mol. The molecule has 1 saturated carbocycles. The van der Waals surface area contributed by atoms with E-state index in [4.69, 9.17) is 38.4 Å². The number of carbonyl (C=O) groups is 1. The van der Waals surface area contributed by atoms with Crippen molar-refractivity contribution in [2.45, 2.75) is 205 Å². The van der Waals surface area contributed by atoms with Crippen molar-refractivity contribution in [3.8, 4) is 0 Å². The van der Waals surface area contributed by atoms with E-state index in [0.717, 1.165) is 25.7 Å². The van der Waals surface area contributed by atoms with Gasteiger partial charge in [-0.05, 0) is 98.7 Å². The Morgan fingerprint density at radius 2 is 1.50 bits per heavy atom. The fourth-order valence-electron chi connectivity index (χ4n) is 10.6. The number of hydrogen-bond acceptors (Lipinski definition) is 14. The van der Waals surface area contributed by atoms with Crippen LogP contribution in [0.25, 0.3) is 0 Å². The second-order valence-corrected chi connectivity index (χ2v) is 20.3. The monoisotopic (exact) mass is 907 g/mol. The van der Waals surface area contributed by atoms with E-state index in [0.29, 0.717) is 31.6 Å². The van der Waals surface area contributed by atoms with Gasteiger partial charge in [-0.15, -0.1) is 0 Å². The minimum Gasteiger partial charge on any atom is -0.396 e. The summed E-state index contributed by atoms with van der Waals surface area (Å²) in [5.74, 6) is -3.25. The number of aliphatic hydroxyl groups excluding tert-OH is 3. The number of oxime groups is 1. The number of carbonyl (C=O) groups excluding carboxylic acids is 1. The van der Waals surface area contributed by atoms with Crippen LogP contribution in [0.1, 0.15) is 126 Å². The Hall–Kier alpha value is -2.08. The highest BCUT2D eigenvalue weighted by Gasteiger charge is 2.53. The molecule has 4 N–H and O–H groups in total. The molecule has 0 amide bonds. The zero-order chi connectivity index (χ0) is 47.7. The van der Waals surface area contributed by atoms with Gasteiger partial charge in [0, 0.05) is 56.8 Å². The lowest BCUT2D eigenvalue weighted by molar-refractivity contribution is -0.318. The normalized spacial score (nSPS) is 42.7. The highest BCUT2D eigenvalue weighted by molar-refractivity contribution is 5.89. The molecule has 4 rings (SSSR count). The van der Waals surface area contributed by atoms with Gasteiger partial charge in [-0.3, -0.25) is 4.79 Å². The van der Waals surface area contributed by atoms with Crippen LogP contribution in [0, 0.1) is 29.6 Å². The molecule has 2 heterocycles. The van der Waals surface area contributed by atoms with Crippen molar-refractivity contribution in [1.29, 1.82) is 0 Å². The highest BCUT2D eigenvalue weighted by atomic mass is 16.7. The largest absolute Gasteiger partial charge is 0.396 e. The number of aliphatic hydroxyl groups is 4. The number of benzene rings is 1. The topological polar surface area (TPSA) is 178 Å². The first kappa shape index (κ1) is 54.5. The van der Waals surface area contributed by atoms with Crippen molar-refractivity contribution in [2.75, 3.05) is 34.9 Å². The molecule has 1 aromatic carbocycles. The summed E-state index contributed by atoms with van der Waals surface area (Å²) in [7, 11) is 7.00. The molecule has 18 atom stereocenters. The molecule has 3 fully saturated rings. The molecule has 0 radical (unpaired) electrons. The number of aryl methyl sites for hydroxylation is 1. The molecule has 0 spiro atoms. The fourth-order valence-corrected chi connectivity index (χ4v) is 10.6. The van der Waals surface area contributed by atoms with E-state index in [-0.39, 0.29) is 36.7 Å². The Morgan fingerprint density at radius 1 is 0.844 bits per heavy atom. The lowest BCUT2D eigenvalue weighted by Gasteiger charge is -2.50. The first-order valence-electron chi connectivity index (χ1n) is 24.0. The summed E-state index contributed by atoms with van der Waals surface area (Å²) in [6.45, 7) is 19.0. The molecule has 14 nitrogen and oxygen atoms in total. The minimum atomic E-state index is -1.68. The Kier molecular flexibility index (Phi) is 20.3. The fraction of sp³-hybridized carbons (Fsp3) is 0.840. The minimum absolute atomic E-state index is 0.0431. The van der Waals surface area contributed by atoms with E-state index < -0.39 is 89.7 Å². The Labute approximate surface area is 384 Å². The van der Waals surface area contributed by atoms with Gasteiger partial charge in [0.05, 0.1) is 53.0 Å². The summed E-state index contributed by atoms with van der Waals surface area (Å²) in [4.78, 5) is 22.8. The zero-order valence-electron chi connectivity index (χ0n) is 41.6. The van der Waals surface area contributed by atoms with Crippen molar-refractivity contribution in [3.05, 3.63) is 35.9 Å². The van der Waals surface area contributed by atoms with E-state index >= 15 is 0 Å². The van der Waals surface area contributed by atoms with Gasteiger partial charge >= 0.3 is 0 Å². The summed E-state index contributed by atoms with van der Waals surface area (Å²) in [6, 6.07) is 10.1. The number of likely N-dealkylation sites (N-methyl/N-ethyl adjacent to an activating group) is 1. The molecule has 2 aliphatic heterocycles. The number of nitrogens with zero attached hydrogens (tertiary/aromatic N) is 2. The molecule has 64 heavy (non-hydrogen) atoms. The second-order valence-electron chi connectivity index (χ2n) is 20.3. The maximum Gasteiger partial charge on any atom is 0.185 e. The molecule has 1 aliphatic carbocycles. The third-order valence-corrected chi connectivity index (χ3v) is 15.1. The van der Waals surface area contributed by atoms with Crippen molar-refractivity contribution in [3.63, 3.8) is 0 Å². The lowest BCUT2D eigenvalue weighted by Crippen LogP contribution is -2.61. The molecule has 0 bridgehead atoms. The average molecular weight is 907 g/mol. The SMILES string of the molecule is CC[C@H]1CC(=O)[C@H](C)[C@@H](O[C@H]2C[C@@](C)(OC)[C@@H](O)[C@H](C)O2)[C@H](C)[C@@H](O[C@@H]2O[C@H](C)C[C@H](N(C)C)[C@H]2O)[C@](C)(OC)C[C@@H](C)/C(=N\OCCCCCc2ccccc2)[C@H](C)[C@@H](O)[C@]1(C)O. The molecular formula is C50H86N2O12. The van der Waals surface area contributed by atoms with Gasteiger partial charge in [0.2, 0.25) is 0 Å². The van der Waals surface area contributed by atoms with Crippen LogP contribution >= 0.6 is 0 Å². The maximum absolute atomic E-state index is 14.7. The molecule has 2 saturated heterocycles. The number of methoxy groups -OCH3 is 2. The predicted octanol–water partition coefficient (Wildman–Crippen LogP) is 6.32. The summed E-state index contributed by atoms with van der Waals surface area (Å²) < 4.78 is 39.1. The Balaban J connectivity index is 1.80. The second kappa shape index (κ2) is 23.8. The number of rotatable bonds is 15. The summed E-state index contributed by atoms with van der Waals surface area (Å²) in [5, 5.41) is 52.1. The Bertz CT molecular complexity index is 1600. The number of ketones is 1. The van der Waals surface area contributed by atoms with Crippen LogP contribution < -0.4 is 0 Å². The third kappa shape index (κ3) is 13.1. The molecule has 0 aromatic heterocycles. The van der Waals surface area contributed by atoms with Crippen molar-refractivity contribution >= 4 is 11.5 Å². The smallest absolute Gasteiger partial charge is 0.185 e. The van der Waals surface area contributed by atoms with Crippen LogP contribution in [-0.2, 0) is 44.5 Å². The third-order valence-electron chi connectivity index (χ3n) is 15.1. The van der Waals surface area contributed by atoms with E-state index in [1.54, 1.807) is 28.1 Å². The van der Waals surface area contributed by atoms with E-state index in [2.05, 4.69) is 24.3 Å². The number of unbranched alkanes of at least 4 members (excludes halogenated alkanes) is 2. The van der Waals surface area contributed by atoms with E-state index in [1.807, 2.05) is 80.5 Å². The zero-order valence-corrected chi connectivity index (χ0v) is 41.6. The predicted molar refractivity (Wildman–Crippen MR) is 247 cm³/mol. The summed E-state index contributed by atoms with van der Waals surface area (Å²) in [6.07, 6.45) is -2.63. The van der Waals surface area contributed by atoms with E-state index in [9.17, 15) is 25.2 Å².